The molecule has 1 N–H and O–H groups in total. The number of hydrogen-bond acceptors (Lipinski definition) is 3. The van der Waals surface area contributed by atoms with Gasteiger partial charge in [-0.3, -0.25) is 9.69 Å². The average molecular weight is 174 g/mol. The molecule has 0 spiro atoms. The average Bonchev–Trinajstić information content (AvgIpc) is 2.11. The number of carbonyl (C=O) groups excluding carboxylic acids is 1. The van der Waals surface area contributed by atoms with Crippen LogP contribution in [0.4, 0.5) is 0 Å². The summed E-state index contributed by atoms with van der Waals surface area (Å²) in [5.41, 5.74) is 0. The van der Waals surface area contributed by atoms with Crippen LogP contribution < -0.4 is 0 Å². The summed E-state index contributed by atoms with van der Waals surface area (Å²) in [5.74, 6) is 0.123. The van der Waals surface area contributed by atoms with Gasteiger partial charge in [0, 0.05) is 26.6 Å². The summed E-state index contributed by atoms with van der Waals surface area (Å²) < 4.78 is 0. The van der Waals surface area contributed by atoms with Gasteiger partial charge in [0.05, 0.1) is 6.73 Å². The van der Waals surface area contributed by atoms with Gasteiger partial charge in [-0.25, -0.2) is 0 Å². The Labute approximate surface area is 73.8 Å². The molecule has 0 rings (SSSR count). The Morgan fingerprint density at radius 1 is 1.42 bits per heavy atom. The number of amides is 1. The van der Waals surface area contributed by atoms with E-state index in [9.17, 15) is 4.79 Å². The molecule has 4 heteroatoms. The molecule has 0 aliphatic heterocycles. The maximum Gasteiger partial charge on any atom is 0.223 e. The summed E-state index contributed by atoms with van der Waals surface area (Å²) >= 11 is 0. The van der Waals surface area contributed by atoms with Crippen LogP contribution in [0.1, 0.15) is 13.3 Å². The third-order valence-electron chi connectivity index (χ3n) is 1.85. The Morgan fingerprint density at radius 2 is 2.00 bits per heavy atom. The Balaban J connectivity index is 3.56. The molecule has 0 saturated heterocycles. The van der Waals surface area contributed by atoms with Gasteiger partial charge < -0.3 is 10.0 Å². The molecule has 0 bridgehead atoms. The SMILES string of the molecule is CCN(C)C(=O)CCN(C)CO. The minimum Gasteiger partial charge on any atom is -0.381 e. The highest BCUT2D eigenvalue weighted by atomic mass is 16.3. The molecule has 0 atom stereocenters. The molecule has 0 aliphatic rings. The summed E-state index contributed by atoms with van der Waals surface area (Å²) in [6.45, 7) is 3.29. The fourth-order valence-electron chi connectivity index (χ4n) is 0.724. The van der Waals surface area contributed by atoms with E-state index in [0.29, 0.717) is 13.0 Å². The first kappa shape index (κ1) is 11.4. The van der Waals surface area contributed by atoms with E-state index >= 15 is 0 Å². The van der Waals surface area contributed by atoms with E-state index in [0.717, 1.165) is 6.54 Å². The van der Waals surface area contributed by atoms with Crippen molar-refractivity contribution in [3.8, 4) is 0 Å². The lowest BCUT2D eigenvalue weighted by molar-refractivity contribution is -0.130. The molecule has 0 radical (unpaired) electrons. The standard InChI is InChI=1S/C8H18N2O2/c1-4-10(3)8(12)5-6-9(2)7-11/h11H,4-7H2,1-3H3. The van der Waals surface area contributed by atoms with Crippen molar-refractivity contribution in [2.45, 2.75) is 13.3 Å². The van der Waals surface area contributed by atoms with Crippen LogP contribution in [0.15, 0.2) is 0 Å². The second kappa shape index (κ2) is 5.97. The van der Waals surface area contributed by atoms with Crippen LogP contribution in [0.5, 0.6) is 0 Å². The second-order valence-electron chi connectivity index (χ2n) is 2.88. The summed E-state index contributed by atoms with van der Waals surface area (Å²) in [6.07, 6.45) is 0.474. The molecule has 0 aliphatic carbocycles. The molecular weight excluding hydrogens is 156 g/mol. The molecule has 1 amide bonds. The molecule has 72 valence electrons. The van der Waals surface area contributed by atoms with Crippen molar-refractivity contribution in [1.29, 1.82) is 0 Å². The Kier molecular flexibility index (Phi) is 5.66. The number of carbonyl (C=O) groups is 1. The highest BCUT2D eigenvalue weighted by Gasteiger charge is 2.06. The normalized spacial score (nSPS) is 10.4. The van der Waals surface area contributed by atoms with Crippen LogP contribution in [-0.4, -0.2) is 54.7 Å². The monoisotopic (exact) mass is 174 g/mol. The lowest BCUT2D eigenvalue weighted by atomic mass is 10.3. The van der Waals surface area contributed by atoms with E-state index in [1.807, 2.05) is 6.92 Å². The van der Waals surface area contributed by atoms with Crippen molar-refractivity contribution in [2.75, 3.05) is 33.9 Å². The topological polar surface area (TPSA) is 43.8 Å². The third kappa shape index (κ3) is 4.31. The smallest absolute Gasteiger partial charge is 0.223 e. The van der Waals surface area contributed by atoms with Gasteiger partial charge >= 0.3 is 0 Å². The first-order chi connectivity index (χ1) is 5.61. The van der Waals surface area contributed by atoms with Gasteiger partial charge in [-0.2, -0.15) is 0 Å². The van der Waals surface area contributed by atoms with E-state index < -0.39 is 0 Å². The molecule has 4 nitrogen and oxygen atoms in total. The number of hydrogen-bond donors (Lipinski definition) is 1. The minimum absolute atomic E-state index is 0.00309. The predicted molar refractivity (Wildman–Crippen MR) is 47.6 cm³/mol. The van der Waals surface area contributed by atoms with Gasteiger partial charge in [-0.05, 0) is 14.0 Å². The molecule has 12 heavy (non-hydrogen) atoms. The van der Waals surface area contributed by atoms with Gasteiger partial charge in [0.25, 0.3) is 0 Å². The minimum atomic E-state index is 0.00309. The lowest BCUT2D eigenvalue weighted by Gasteiger charge is -2.17. The lowest BCUT2D eigenvalue weighted by Crippen LogP contribution is -2.30. The largest absolute Gasteiger partial charge is 0.381 e. The van der Waals surface area contributed by atoms with E-state index in [1.54, 1.807) is 23.9 Å². The van der Waals surface area contributed by atoms with Crippen molar-refractivity contribution in [3.05, 3.63) is 0 Å². The highest BCUT2D eigenvalue weighted by Crippen LogP contribution is 1.92. The molecule has 0 aromatic rings. The zero-order valence-corrected chi connectivity index (χ0v) is 8.08. The van der Waals surface area contributed by atoms with Crippen LogP contribution in [-0.2, 0) is 4.79 Å². The summed E-state index contributed by atoms with van der Waals surface area (Å²) in [5, 5.41) is 8.64. The van der Waals surface area contributed by atoms with Crippen LogP contribution in [0.25, 0.3) is 0 Å². The van der Waals surface area contributed by atoms with Gasteiger partial charge in [-0.15, -0.1) is 0 Å². The third-order valence-corrected chi connectivity index (χ3v) is 1.85. The van der Waals surface area contributed by atoms with Crippen LogP contribution in [0.3, 0.4) is 0 Å². The molecule has 0 aromatic carbocycles. The number of aliphatic hydroxyl groups is 1. The van der Waals surface area contributed by atoms with Crippen molar-refractivity contribution >= 4 is 5.91 Å². The quantitative estimate of drug-likeness (QED) is 0.584. The van der Waals surface area contributed by atoms with Crippen LogP contribution in [0.2, 0.25) is 0 Å². The maximum absolute atomic E-state index is 11.2. The maximum atomic E-state index is 11.2. The van der Waals surface area contributed by atoms with E-state index in [2.05, 4.69) is 0 Å². The number of nitrogens with zero attached hydrogens (tertiary/aromatic N) is 2. The fourth-order valence-corrected chi connectivity index (χ4v) is 0.724. The molecule has 0 saturated carbocycles. The van der Waals surface area contributed by atoms with E-state index in [4.69, 9.17) is 5.11 Å². The zero-order valence-electron chi connectivity index (χ0n) is 8.08. The van der Waals surface area contributed by atoms with E-state index in [-0.39, 0.29) is 12.6 Å². The fraction of sp³-hybridized carbons (Fsp3) is 0.875. The predicted octanol–water partition coefficient (Wildman–Crippen LogP) is -0.264. The highest BCUT2D eigenvalue weighted by molar-refractivity contribution is 5.75. The van der Waals surface area contributed by atoms with Crippen LogP contribution in [0, 0.1) is 0 Å². The summed E-state index contributed by atoms with van der Waals surface area (Å²) in [4.78, 5) is 14.6. The van der Waals surface area contributed by atoms with E-state index in [1.165, 1.54) is 0 Å². The Morgan fingerprint density at radius 3 is 2.42 bits per heavy atom. The van der Waals surface area contributed by atoms with Gasteiger partial charge in [0.15, 0.2) is 0 Å². The van der Waals surface area contributed by atoms with Crippen molar-refractivity contribution in [3.63, 3.8) is 0 Å². The van der Waals surface area contributed by atoms with Gasteiger partial charge in [0.2, 0.25) is 5.91 Å². The molecule has 0 aromatic heterocycles. The first-order valence-corrected chi connectivity index (χ1v) is 4.15. The Bertz CT molecular complexity index is 139. The van der Waals surface area contributed by atoms with Gasteiger partial charge in [0.1, 0.15) is 0 Å². The van der Waals surface area contributed by atoms with Crippen molar-refractivity contribution in [2.24, 2.45) is 0 Å². The van der Waals surface area contributed by atoms with Crippen LogP contribution >= 0.6 is 0 Å². The molecule has 0 unspecified atom stereocenters. The summed E-state index contributed by atoms with van der Waals surface area (Å²) in [7, 11) is 3.56. The number of rotatable bonds is 5. The number of aliphatic hydroxyl groups excluding tert-OH is 1. The summed E-state index contributed by atoms with van der Waals surface area (Å²) in [6, 6.07) is 0. The molecular formula is C8H18N2O2. The Hall–Kier alpha value is -0.610. The first-order valence-electron chi connectivity index (χ1n) is 4.15. The molecule has 0 heterocycles. The van der Waals surface area contributed by atoms with Crippen molar-refractivity contribution in [1.82, 2.24) is 9.80 Å². The second-order valence-corrected chi connectivity index (χ2v) is 2.88. The van der Waals surface area contributed by atoms with Gasteiger partial charge in [-0.1, -0.05) is 0 Å². The van der Waals surface area contributed by atoms with Crippen molar-refractivity contribution < 1.29 is 9.90 Å². The zero-order chi connectivity index (χ0) is 9.56. The molecule has 0 fully saturated rings.